The zero-order valence-corrected chi connectivity index (χ0v) is 13.1. The zero-order valence-electron chi connectivity index (χ0n) is 11.5. The van der Waals surface area contributed by atoms with E-state index in [2.05, 4.69) is 50.4 Å². The summed E-state index contributed by atoms with van der Waals surface area (Å²) < 4.78 is 5.05. The molecular formula is C12H19BrN6. The molecule has 2 rings (SSSR count). The maximum absolute atomic E-state index is 4.47. The quantitative estimate of drug-likeness (QED) is 0.876. The van der Waals surface area contributed by atoms with Gasteiger partial charge in [0.25, 0.3) is 0 Å². The van der Waals surface area contributed by atoms with Crippen molar-refractivity contribution in [1.82, 2.24) is 29.9 Å². The van der Waals surface area contributed by atoms with Crippen molar-refractivity contribution in [2.75, 3.05) is 0 Å². The number of nitrogens with one attached hydrogen (secondary N) is 1. The molecule has 0 aliphatic rings. The van der Waals surface area contributed by atoms with E-state index in [1.807, 2.05) is 16.3 Å². The van der Waals surface area contributed by atoms with Crippen LogP contribution in [-0.2, 0) is 33.1 Å². The van der Waals surface area contributed by atoms with E-state index >= 15 is 0 Å². The van der Waals surface area contributed by atoms with Gasteiger partial charge in [-0.1, -0.05) is 6.92 Å². The first-order valence-corrected chi connectivity index (χ1v) is 7.24. The summed E-state index contributed by atoms with van der Waals surface area (Å²) in [4.78, 5) is 0. The molecule has 19 heavy (non-hydrogen) atoms. The topological polar surface area (TPSA) is 60.6 Å². The summed E-state index contributed by atoms with van der Waals surface area (Å²) in [7, 11) is 1.97. The van der Waals surface area contributed by atoms with Crippen LogP contribution in [0.4, 0.5) is 0 Å². The van der Waals surface area contributed by atoms with Crippen LogP contribution in [0, 0.1) is 0 Å². The van der Waals surface area contributed by atoms with Gasteiger partial charge in [0.15, 0.2) is 0 Å². The Kier molecular flexibility index (Phi) is 4.71. The predicted molar refractivity (Wildman–Crippen MR) is 76.5 cm³/mol. The standard InChI is InChI=1S/C12H19BrN6/c1-4-9-12(13)10(18(3)17-9)6-14-7-11-16-15-8-19(11)5-2/h8,14H,4-7H2,1-3H3. The van der Waals surface area contributed by atoms with E-state index < -0.39 is 0 Å². The second-order valence-corrected chi connectivity index (χ2v) is 5.11. The van der Waals surface area contributed by atoms with Crippen molar-refractivity contribution in [2.24, 2.45) is 7.05 Å². The van der Waals surface area contributed by atoms with Gasteiger partial charge in [0.05, 0.1) is 22.4 Å². The van der Waals surface area contributed by atoms with Crippen LogP contribution in [0.15, 0.2) is 10.8 Å². The second-order valence-electron chi connectivity index (χ2n) is 4.32. The molecule has 0 unspecified atom stereocenters. The lowest BCUT2D eigenvalue weighted by atomic mass is 10.3. The van der Waals surface area contributed by atoms with Crippen molar-refractivity contribution >= 4 is 15.9 Å². The Morgan fingerprint density at radius 1 is 1.32 bits per heavy atom. The molecule has 0 amide bonds. The summed E-state index contributed by atoms with van der Waals surface area (Å²) in [6, 6.07) is 0. The third kappa shape index (κ3) is 3.03. The van der Waals surface area contributed by atoms with Gasteiger partial charge in [-0.25, -0.2) is 0 Å². The van der Waals surface area contributed by atoms with Crippen LogP contribution in [0.25, 0.3) is 0 Å². The molecule has 0 atom stereocenters. The second kappa shape index (κ2) is 6.29. The van der Waals surface area contributed by atoms with E-state index in [9.17, 15) is 0 Å². The van der Waals surface area contributed by atoms with Gasteiger partial charge in [0, 0.05) is 20.1 Å². The number of aromatic nitrogens is 5. The average Bonchev–Trinajstić information content (AvgIpc) is 2.96. The van der Waals surface area contributed by atoms with Gasteiger partial charge >= 0.3 is 0 Å². The molecule has 2 aromatic rings. The Labute approximate surface area is 121 Å². The smallest absolute Gasteiger partial charge is 0.146 e. The maximum Gasteiger partial charge on any atom is 0.146 e. The van der Waals surface area contributed by atoms with E-state index in [0.717, 1.165) is 41.2 Å². The third-order valence-corrected chi connectivity index (χ3v) is 4.03. The summed E-state index contributed by atoms with van der Waals surface area (Å²) in [5.41, 5.74) is 2.25. The van der Waals surface area contributed by atoms with Gasteiger partial charge < -0.3 is 9.88 Å². The largest absolute Gasteiger partial charge is 0.317 e. The number of rotatable bonds is 6. The highest BCUT2D eigenvalue weighted by atomic mass is 79.9. The predicted octanol–water partition coefficient (Wildman–Crippen LogP) is 1.65. The van der Waals surface area contributed by atoms with Crippen molar-refractivity contribution in [3.8, 4) is 0 Å². The first-order valence-electron chi connectivity index (χ1n) is 6.45. The van der Waals surface area contributed by atoms with E-state index in [1.165, 1.54) is 0 Å². The van der Waals surface area contributed by atoms with Crippen LogP contribution >= 0.6 is 15.9 Å². The molecule has 0 saturated carbocycles. The number of hydrogen-bond acceptors (Lipinski definition) is 4. The number of hydrogen-bond donors (Lipinski definition) is 1. The van der Waals surface area contributed by atoms with Crippen molar-refractivity contribution < 1.29 is 0 Å². The molecule has 2 heterocycles. The highest BCUT2D eigenvalue weighted by molar-refractivity contribution is 9.10. The van der Waals surface area contributed by atoms with Gasteiger partial charge in [-0.15, -0.1) is 10.2 Å². The number of aryl methyl sites for hydroxylation is 3. The highest BCUT2D eigenvalue weighted by Gasteiger charge is 2.12. The Balaban J connectivity index is 1.98. The third-order valence-electron chi connectivity index (χ3n) is 3.11. The van der Waals surface area contributed by atoms with Gasteiger partial charge in [0.1, 0.15) is 12.2 Å². The number of nitrogens with zero attached hydrogens (tertiary/aromatic N) is 5. The Morgan fingerprint density at radius 3 is 2.74 bits per heavy atom. The van der Waals surface area contributed by atoms with Gasteiger partial charge in [-0.05, 0) is 29.3 Å². The van der Waals surface area contributed by atoms with E-state index in [4.69, 9.17) is 0 Å². The Bertz CT molecular complexity index is 544. The lowest BCUT2D eigenvalue weighted by Crippen LogP contribution is -2.18. The molecular weight excluding hydrogens is 308 g/mol. The summed E-state index contributed by atoms with van der Waals surface area (Å²) >= 11 is 3.61. The Morgan fingerprint density at radius 2 is 2.11 bits per heavy atom. The maximum atomic E-state index is 4.47. The van der Waals surface area contributed by atoms with E-state index in [0.29, 0.717) is 6.54 Å². The molecule has 2 aromatic heterocycles. The van der Waals surface area contributed by atoms with Gasteiger partial charge in [0.2, 0.25) is 0 Å². The molecule has 0 fully saturated rings. The normalized spacial score (nSPS) is 11.2. The molecule has 0 saturated heterocycles. The minimum Gasteiger partial charge on any atom is -0.317 e. The highest BCUT2D eigenvalue weighted by Crippen LogP contribution is 2.21. The molecule has 0 aliphatic carbocycles. The van der Waals surface area contributed by atoms with Crippen LogP contribution in [-0.4, -0.2) is 24.5 Å². The lowest BCUT2D eigenvalue weighted by Gasteiger charge is -2.06. The van der Waals surface area contributed by atoms with Crippen molar-refractivity contribution in [3.05, 3.63) is 28.0 Å². The summed E-state index contributed by atoms with van der Waals surface area (Å²) in [5.74, 6) is 0.955. The first kappa shape index (κ1) is 14.2. The zero-order chi connectivity index (χ0) is 13.8. The molecule has 0 aliphatic heterocycles. The molecule has 7 heteroatoms. The minimum absolute atomic E-state index is 0.701. The van der Waals surface area contributed by atoms with Gasteiger partial charge in [-0.3, -0.25) is 4.68 Å². The van der Waals surface area contributed by atoms with Gasteiger partial charge in [-0.2, -0.15) is 5.10 Å². The molecule has 0 spiro atoms. The summed E-state index contributed by atoms with van der Waals surface area (Å²) in [6.45, 7) is 6.53. The van der Waals surface area contributed by atoms with Crippen LogP contribution < -0.4 is 5.32 Å². The number of halogens is 1. The lowest BCUT2D eigenvalue weighted by molar-refractivity contribution is 0.583. The summed E-state index contributed by atoms with van der Waals surface area (Å²) in [6.07, 6.45) is 2.69. The Hall–Kier alpha value is -1.21. The van der Waals surface area contributed by atoms with E-state index in [-0.39, 0.29) is 0 Å². The molecule has 104 valence electrons. The molecule has 0 aromatic carbocycles. The molecule has 1 N–H and O–H groups in total. The molecule has 6 nitrogen and oxygen atoms in total. The molecule has 0 radical (unpaired) electrons. The van der Waals surface area contributed by atoms with Crippen molar-refractivity contribution in [1.29, 1.82) is 0 Å². The van der Waals surface area contributed by atoms with Crippen molar-refractivity contribution in [2.45, 2.75) is 39.9 Å². The first-order chi connectivity index (χ1) is 9.17. The SMILES string of the molecule is CCc1nn(C)c(CNCc2nncn2CC)c1Br. The monoisotopic (exact) mass is 326 g/mol. The minimum atomic E-state index is 0.701. The van der Waals surface area contributed by atoms with Crippen LogP contribution in [0.2, 0.25) is 0 Å². The summed E-state index contributed by atoms with van der Waals surface area (Å²) in [5, 5.41) is 15.9. The fourth-order valence-corrected chi connectivity index (χ4v) is 2.74. The van der Waals surface area contributed by atoms with Crippen molar-refractivity contribution in [3.63, 3.8) is 0 Å². The van der Waals surface area contributed by atoms with E-state index in [1.54, 1.807) is 6.33 Å². The van der Waals surface area contributed by atoms with Crippen LogP contribution in [0.1, 0.15) is 31.1 Å². The average molecular weight is 327 g/mol. The molecule has 0 bridgehead atoms. The fourth-order valence-electron chi connectivity index (χ4n) is 1.98. The van der Waals surface area contributed by atoms with Crippen LogP contribution in [0.3, 0.4) is 0 Å². The van der Waals surface area contributed by atoms with Crippen LogP contribution in [0.5, 0.6) is 0 Å². The fraction of sp³-hybridized carbons (Fsp3) is 0.583.